The van der Waals surface area contributed by atoms with Crippen LogP contribution in [-0.4, -0.2) is 52.8 Å². The van der Waals surface area contributed by atoms with Gasteiger partial charge in [-0.05, 0) is 54.8 Å². The maximum atomic E-state index is 12.8. The van der Waals surface area contributed by atoms with Crippen molar-refractivity contribution in [2.75, 3.05) is 0 Å². The Morgan fingerprint density at radius 1 is 0.892 bits per heavy atom. The fourth-order valence-corrected chi connectivity index (χ4v) is 6.75. The van der Waals surface area contributed by atoms with Gasteiger partial charge in [-0.3, -0.25) is 0 Å². The summed E-state index contributed by atoms with van der Waals surface area (Å²) in [6.45, 7) is 28.1. The SMILES string of the molecule is C[C@H]1O[C@@H](/C=C/c2cccc3c2C(=O)OC(C)(C)O3)[C@@H](O[Si](C)(C)C(C)(C)C)[C@@H]1O[Si](C)(C)C(C)(C)C. The Balaban J connectivity index is 1.98. The van der Waals surface area contributed by atoms with E-state index in [0.29, 0.717) is 11.3 Å². The van der Waals surface area contributed by atoms with E-state index in [1.54, 1.807) is 19.9 Å². The Hall–Kier alpha value is -1.46. The number of carbonyl (C=O) groups is 1. The Bertz CT molecular complexity index is 1030. The Kier molecular flexibility index (Phi) is 8.08. The minimum absolute atomic E-state index is 0.0427. The first-order chi connectivity index (χ1) is 16.7. The molecular formula is C29H48O6Si2. The molecule has 0 spiro atoms. The second-order valence-electron chi connectivity index (χ2n) is 14.0. The van der Waals surface area contributed by atoms with Crippen LogP contribution in [0.3, 0.4) is 0 Å². The quantitative estimate of drug-likeness (QED) is 0.270. The van der Waals surface area contributed by atoms with Crippen LogP contribution in [0.15, 0.2) is 24.3 Å². The van der Waals surface area contributed by atoms with E-state index in [1.165, 1.54) is 0 Å². The number of fused-ring (bicyclic) bond motifs is 1. The molecule has 0 aromatic heterocycles. The number of hydrogen-bond acceptors (Lipinski definition) is 6. The van der Waals surface area contributed by atoms with Crippen molar-refractivity contribution < 1.29 is 27.9 Å². The molecule has 1 aromatic carbocycles. The lowest BCUT2D eigenvalue weighted by molar-refractivity contribution is -0.127. The molecule has 1 fully saturated rings. The number of benzene rings is 1. The molecule has 2 heterocycles. The van der Waals surface area contributed by atoms with E-state index in [4.69, 9.17) is 23.1 Å². The molecule has 0 bridgehead atoms. The van der Waals surface area contributed by atoms with Crippen LogP contribution in [0.1, 0.15) is 78.2 Å². The van der Waals surface area contributed by atoms with Crippen LogP contribution < -0.4 is 4.74 Å². The summed E-state index contributed by atoms with van der Waals surface area (Å²) in [6.07, 6.45) is 3.07. The highest BCUT2D eigenvalue weighted by Crippen LogP contribution is 2.44. The predicted octanol–water partition coefficient (Wildman–Crippen LogP) is 7.55. The Labute approximate surface area is 226 Å². The Morgan fingerprint density at radius 2 is 1.43 bits per heavy atom. The number of hydrogen-bond donors (Lipinski definition) is 0. The third kappa shape index (κ3) is 6.41. The molecule has 4 atom stereocenters. The average molecular weight is 549 g/mol. The van der Waals surface area contributed by atoms with Crippen LogP contribution in [0, 0.1) is 0 Å². The number of carbonyl (C=O) groups excluding carboxylic acids is 1. The maximum absolute atomic E-state index is 12.8. The van der Waals surface area contributed by atoms with Crippen molar-refractivity contribution in [3.63, 3.8) is 0 Å². The lowest BCUT2D eigenvalue weighted by Gasteiger charge is -2.43. The first kappa shape index (κ1) is 30.1. The average Bonchev–Trinajstić information content (AvgIpc) is 2.97. The molecule has 3 rings (SSSR count). The van der Waals surface area contributed by atoms with Crippen molar-refractivity contribution in [2.24, 2.45) is 0 Å². The van der Waals surface area contributed by atoms with Crippen LogP contribution in [0.25, 0.3) is 6.08 Å². The molecule has 2 aliphatic heterocycles. The van der Waals surface area contributed by atoms with E-state index in [2.05, 4.69) is 74.7 Å². The van der Waals surface area contributed by atoms with E-state index in [1.807, 2.05) is 24.3 Å². The van der Waals surface area contributed by atoms with Crippen LogP contribution in [0.2, 0.25) is 36.3 Å². The highest BCUT2D eigenvalue weighted by atomic mass is 28.4. The standard InChI is InChI=1S/C29H48O6Si2/c1-19-24(34-36(10,11)27(2,3)4)25(35-37(12,13)28(5,6)7)22(31-19)18-17-20-15-14-16-21-23(20)26(30)33-29(8,9)32-21/h14-19,22,24-25H,1-13H3/b18-17+/t19-,22+,24-,25-/m1/s1. The summed E-state index contributed by atoms with van der Waals surface area (Å²) in [6, 6.07) is 5.58. The minimum atomic E-state index is -2.14. The maximum Gasteiger partial charge on any atom is 0.345 e. The zero-order chi connectivity index (χ0) is 28.2. The molecule has 1 saturated heterocycles. The summed E-state index contributed by atoms with van der Waals surface area (Å²) in [5, 5.41) is 0.112. The lowest BCUT2D eigenvalue weighted by atomic mass is 10.0. The van der Waals surface area contributed by atoms with E-state index < -0.39 is 22.4 Å². The van der Waals surface area contributed by atoms with Crippen LogP contribution in [0.5, 0.6) is 5.75 Å². The van der Waals surface area contributed by atoms with Crippen molar-refractivity contribution in [1.82, 2.24) is 0 Å². The van der Waals surface area contributed by atoms with Gasteiger partial charge in [-0.2, -0.15) is 0 Å². The topological polar surface area (TPSA) is 63.2 Å². The van der Waals surface area contributed by atoms with E-state index in [9.17, 15) is 4.79 Å². The molecule has 0 radical (unpaired) electrons. The van der Waals surface area contributed by atoms with Crippen LogP contribution in [0.4, 0.5) is 0 Å². The summed E-state index contributed by atoms with van der Waals surface area (Å²) in [4.78, 5) is 12.8. The second kappa shape index (κ2) is 9.94. The van der Waals surface area contributed by atoms with Crippen molar-refractivity contribution >= 4 is 28.7 Å². The molecule has 37 heavy (non-hydrogen) atoms. The molecule has 2 aliphatic rings. The van der Waals surface area contributed by atoms with E-state index >= 15 is 0 Å². The van der Waals surface area contributed by atoms with Crippen molar-refractivity contribution in [3.05, 3.63) is 35.4 Å². The van der Waals surface area contributed by atoms with Crippen LogP contribution in [-0.2, 0) is 18.3 Å². The van der Waals surface area contributed by atoms with Gasteiger partial charge >= 0.3 is 5.97 Å². The zero-order valence-electron chi connectivity index (χ0n) is 25.1. The molecule has 8 heteroatoms. The third-order valence-electron chi connectivity index (χ3n) is 8.38. The fourth-order valence-electron chi connectivity index (χ4n) is 4.09. The largest absolute Gasteiger partial charge is 0.452 e. The molecule has 0 saturated carbocycles. The molecule has 0 N–H and O–H groups in total. The molecule has 208 valence electrons. The van der Waals surface area contributed by atoms with Gasteiger partial charge < -0.3 is 23.1 Å². The molecule has 1 aromatic rings. The minimum Gasteiger partial charge on any atom is -0.452 e. The number of rotatable bonds is 6. The highest BCUT2D eigenvalue weighted by molar-refractivity contribution is 6.74. The monoisotopic (exact) mass is 548 g/mol. The van der Waals surface area contributed by atoms with Crippen molar-refractivity contribution in [2.45, 2.75) is 129 Å². The lowest BCUT2D eigenvalue weighted by Crippen LogP contribution is -2.53. The molecule has 6 nitrogen and oxygen atoms in total. The van der Waals surface area contributed by atoms with E-state index in [0.717, 1.165) is 5.56 Å². The second-order valence-corrected chi connectivity index (χ2v) is 23.5. The first-order valence-corrected chi connectivity index (χ1v) is 19.2. The van der Waals surface area contributed by atoms with E-state index in [-0.39, 0.29) is 40.5 Å². The summed E-state index contributed by atoms with van der Waals surface area (Å²) >= 11 is 0. The fraction of sp³-hybridized carbons (Fsp3) is 0.690. The van der Waals surface area contributed by atoms with Gasteiger partial charge in [-0.25, -0.2) is 4.79 Å². The van der Waals surface area contributed by atoms with Crippen molar-refractivity contribution in [1.29, 1.82) is 0 Å². The van der Waals surface area contributed by atoms with Gasteiger partial charge in [0, 0.05) is 13.8 Å². The molecular weight excluding hydrogens is 500 g/mol. The van der Waals surface area contributed by atoms with Gasteiger partial charge in [0.25, 0.3) is 0 Å². The molecule has 0 amide bonds. The summed E-state index contributed by atoms with van der Waals surface area (Å²) < 4.78 is 31.8. The van der Waals surface area contributed by atoms with Gasteiger partial charge in [-0.1, -0.05) is 65.8 Å². The molecule has 0 aliphatic carbocycles. The third-order valence-corrected chi connectivity index (χ3v) is 17.3. The summed E-state index contributed by atoms with van der Waals surface area (Å²) in [7, 11) is -4.22. The predicted molar refractivity (Wildman–Crippen MR) is 154 cm³/mol. The van der Waals surface area contributed by atoms with Crippen molar-refractivity contribution in [3.8, 4) is 5.75 Å². The number of esters is 1. The van der Waals surface area contributed by atoms with Gasteiger partial charge in [0.1, 0.15) is 23.5 Å². The van der Waals surface area contributed by atoms with Gasteiger partial charge in [-0.15, -0.1) is 0 Å². The normalized spacial score (nSPS) is 26.7. The van der Waals surface area contributed by atoms with Gasteiger partial charge in [0.05, 0.1) is 12.2 Å². The number of ether oxygens (including phenoxy) is 3. The smallest absolute Gasteiger partial charge is 0.345 e. The highest BCUT2D eigenvalue weighted by Gasteiger charge is 2.51. The van der Waals surface area contributed by atoms with Crippen LogP contribution >= 0.6 is 0 Å². The van der Waals surface area contributed by atoms with Gasteiger partial charge in [0.2, 0.25) is 5.79 Å². The summed E-state index contributed by atoms with van der Waals surface area (Å²) in [5.41, 5.74) is 1.16. The number of cyclic esters (lactones) is 1. The Morgan fingerprint density at radius 3 is 1.97 bits per heavy atom. The van der Waals surface area contributed by atoms with Gasteiger partial charge in [0.15, 0.2) is 16.6 Å². The zero-order valence-corrected chi connectivity index (χ0v) is 27.1. The summed E-state index contributed by atoms with van der Waals surface area (Å²) in [5.74, 6) is -0.856. The first-order valence-electron chi connectivity index (χ1n) is 13.4. The molecule has 0 unspecified atom stereocenters.